The Balaban J connectivity index is 2.02. The molecule has 0 aliphatic heterocycles. The van der Waals surface area contributed by atoms with Gasteiger partial charge in [-0.3, -0.25) is 4.79 Å². The van der Waals surface area contributed by atoms with E-state index in [2.05, 4.69) is 19.6 Å². The zero-order valence-corrected chi connectivity index (χ0v) is 13.4. The summed E-state index contributed by atoms with van der Waals surface area (Å²) in [5.41, 5.74) is -4.49. The molecule has 1 aromatic heterocycles. The molecule has 2 aromatic rings. The molecule has 25 heavy (non-hydrogen) atoms. The van der Waals surface area contributed by atoms with Crippen LogP contribution in [-0.2, 0) is 5.75 Å². The van der Waals surface area contributed by atoms with Crippen molar-refractivity contribution >= 4 is 34.9 Å². The number of nitrogens with one attached hydrogen (secondary N) is 1. The van der Waals surface area contributed by atoms with Gasteiger partial charge in [0.15, 0.2) is 0 Å². The van der Waals surface area contributed by atoms with Crippen LogP contribution in [0.4, 0.5) is 32.0 Å². The fourth-order valence-corrected chi connectivity index (χ4v) is 2.72. The molecule has 0 radical (unpaired) electrons. The number of benzene rings is 1. The van der Waals surface area contributed by atoms with E-state index in [1.807, 2.05) is 0 Å². The van der Waals surface area contributed by atoms with Gasteiger partial charge in [0.25, 0.3) is 5.91 Å². The fraction of sp³-hybridized carbons (Fsp3) is 0.250. The first-order valence-corrected chi connectivity index (χ1v) is 7.98. The van der Waals surface area contributed by atoms with E-state index in [0.717, 1.165) is 24.3 Å². The lowest BCUT2D eigenvalue weighted by Crippen LogP contribution is -2.17. The van der Waals surface area contributed by atoms with Crippen LogP contribution in [0.1, 0.15) is 15.4 Å². The van der Waals surface area contributed by atoms with Gasteiger partial charge in [0.2, 0.25) is 0 Å². The summed E-state index contributed by atoms with van der Waals surface area (Å²) in [6.07, 6.45) is -4.84. The number of aromatic nitrogens is 2. The number of amides is 1. The molecule has 0 spiro atoms. The lowest BCUT2D eigenvalue weighted by atomic mass is 10.3. The summed E-state index contributed by atoms with van der Waals surface area (Å²) in [5, 5.41) is 5.81. The zero-order valence-electron chi connectivity index (χ0n) is 11.8. The highest BCUT2D eigenvalue weighted by molar-refractivity contribution is 7.99. The molecule has 136 valence electrons. The molecule has 1 aromatic carbocycles. The number of hydrogen-bond acceptors (Lipinski definition) is 6. The Bertz CT molecular complexity index is 730. The Morgan fingerprint density at radius 3 is 2.36 bits per heavy atom. The van der Waals surface area contributed by atoms with Gasteiger partial charge in [-0.2, -0.15) is 13.2 Å². The molecule has 0 aliphatic carbocycles. The Kier molecular flexibility index (Phi) is 5.77. The van der Waals surface area contributed by atoms with Crippen LogP contribution in [0.2, 0.25) is 0 Å². The van der Waals surface area contributed by atoms with Crippen molar-refractivity contribution in [3.8, 4) is 5.75 Å². The molecule has 1 amide bonds. The number of nitrogens with zero attached hydrogens (tertiary/aromatic N) is 2. The Hall–Kier alpha value is -2.02. The van der Waals surface area contributed by atoms with Gasteiger partial charge in [0.1, 0.15) is 10.6 Å². The predicted octanol–water partition coefficient (Wildman–Crippen LogP) is 4.44. The summed E-state index contributed by atoms with van der Waals surface area (Å²) < 4.78 is 79.9. The SMILES string of the molecule is O=C(Nc1ccc(OC(F)(F)F)cc1)c1snnc1CSC(F)(F)F. The summed E-state index contributed by atoms with van der Waals surface area (Å²) in [6.45, 7) is 0. The van der Waals surface area contributed by atoms with E-state index in [9.17, 15) is 31.1 Å². The Labute approximate surface area is 144 Å². The second kappa shape index (κ2) is 7.47. The molecule has 0 unspecified atom stereocenters. The van der Waals surface area contributed by atoms with Crippen molar-refractivity contribution in [1.82, 2.24) is 9.59 Å². The van der Waals surface area contributed by atoms with Crippen molar-refractivity contribution in [3.63, 3.8) is 0 Å². The normalized spacial score (nSPS) is 12.1. The number of alkyl halides is 6. The van der Waals surface area contributed by atoms with Gasteiger partial charge in [-0.1, -0.05) is 4.49 Å². The Morgan fingerprint density at radius 2 is 1.80 bits per heavy atom. The molecule has 1 N–H and O–H groups in total. The molecule has 0 bridgehead atoms. The van der Waals surface area contributed by atoms with E-state index >= 15 is 0 Å². The van der Waals surface area contributed by atoms with E-state index in [1.165, 1.54) is 0 Å². The van der Waals surface area contributed by atoms with E-state index in [1.54, 1.807) is 0 Å². The van der Waals surface area contributed by atoms with Gasteiger partial charge in [0.05, 0.1) is 5.69 Å². The first-order chi connectivity index (χ1) is 11.5. The number of carbonyl (C=O) groups is 1. The summed E-state index contributed by atoms with van der Waals surface area (Å²) in [5.74, 6) is -1.83. The third-order valence-electron chi connectivity index (χ3n) is 2.48. The maximum atomic E-state index is 12.2. The minimum absolute atomic E-state index is 0.118. The smallest absolute Gasteiger partial charge is 0.406 e. The lowest BCUT2D eigenvalue weighted by molar-refractivity contribution is -0.274. The van der Waals surface area contributed by atoms with Crippen LogP contribution in [0.15, 0.2) is 24.3 Å². The van der Waals surface area contributed by atoms with E-state index in [0.29, 0.717) is 11.5 Å². The molecular formula is C12H7F6N3O2S2. The highest BCUT2D eigenvalue weighted by Gasteiger charge is 2.31. The van der Waals surface area contributed by atoms with Crippen LogP contribution in [0.5, 0.6) is 5.75 Å². The van der Waals surface area contributed by atoms with Crippen LogP contribution in [0.3, 0.4) is 0 Å². The van der Waals surface area contributed by atoms with Crippen molar-refractivity contribution in [3.05, 3.63) is 34.8 Å². The molecule has 13 heteroatoms. The van der Waals surface area contributed by atoms with E-state index in [4.69, 9.17) is 0 Å². The molecule has 1 heterocycles. The van der Waals surface area contributed by atoms with Gasteiger partial charge in [-0.15, -0.1) is 18.3 Å². The number of ether oxygens (including phenoxy) is 1. The quantitative estimate of drug-likeness (QED) is 0.748. The molecule has 0 saturated heterocycles. The number of rotatable bonds is 5. The van der Waals surface area contributed by atoms with Crippen molar-refractivity contribution in [2.75, 3.05) is 5.32 Å². The van der Waals surface area contributed by atoms with Gasteiger partial charge in [0, 0.05) is 11.4 Å². The number of anilines is 1. The number of thioether (sulfide) groups is 1. The molecule has 0 fully saturated rings. The van der Waals surface area contributed by atoms with Gasteiger partial charge < -0.3 is 10.1 Å². The second-order valence-electron chi connectivity index (χ2n) is 4.31. The average molecular weight is 403 g/mol. The monoisotopic (exact) mass is 403 g/mol. The van der Waals surface area contributed by atoms with E-state index in [-0.39, 0.29) is 28.0 Å². The highest BCUT2D eigenvalue weighted by atomic mass is 32.2. The topological polar surface area (TPSA) is 64.1 Å². The summed E-state index contributed by atoms with van der Waals surface area (Å²) in [7, 11) is 0. The van der Waals surface area contributed by atoms with Crippen molar-refractivity contribution in [1.29, 1.82) is 0 Å². The van der Waals surface area contributed by atoms with Gasteiger partial charge in [-0.05, 0) is 47.6 Å². The number of hydrogen-bond donors (Lipinski definition) is 1. The first kappa shape index (κ1) is 19.3. The maximum Gasteiger partial charge on any atom is 0.573 e. The van der Waals surface area contributed by atoms with Crippen LogP contribution in [0, 0.1) is 0 Å². The van der Waals surface area contributed by atoms with Crippen LogP contribution >= 0.6 is 23.3 Å². The maximum absolute atomic E-state index is 12.2. The van der Waals surface area contributed by atoms with Crippen molar-refractivity contribution in [2.45, 2.75) is 17.6 Å². The third kappa shape index (κ3) is 6.42. The highest BCUT2D eigenvalue weighted by Crippen LogP contribution is 2.33. The second-order valence-corrected chi connectivity index (χ2v) is 6.10. The zero-order chi connectivity index (χ0) is 18.7. The minimum atomic E-state index is -4.84. The third-order valence-corrected chi connectivity index (χ3v) is 3.99. The number of carbonyl (C=O) groups excluding carboxylic acids is 1. The molecule has 0 saturated carbocycles. The predicted molar refractivity (Wildman–Crippen MR) is 78.3 cm³/mol. The average Bonchev–Trinajstić information content (AvgIpc) is 2.93. The van der Waals surface area contributed by atoms with Crippen LogP contribution < -0.4 is 10.1 Å². The largest absolute Gasteiger partial charge is 0.573 e. The Morgan fingerprint density at radius 1 is 1.16 bits per heavy atom. The first-order valence-electron chi connectivity index (χ1n) is 6.22. The van der Waals surface area contributed by atoms with Crippen LogP contribution in [-0.4, -0.2) is 27.4 Å². The molecule has 0 aliphatic rings. The minimum Gasteiger partial charge on any atom is -0.406 e. The van der Waals surface area contributed by atoms with Crippen molar-refractivity contribution in [2.24, 2.45) is 0 Å². The number of halogens is 6. The fourth-order valence-electron chi connectivity index (χ4n) is 1.55. The van der Waals surface area contributed by atoms with Crippen LogP contribution in [0.25, 0.3) is 0 Å². The molecule has 5 nitrogen and oxygen atoms in total. The lowest BCUT2D eigenvalue weighted by Gasteiger charge is -2.10. The molecular weight excluding hydrogens is 396 g/mol. The molecule has 0 atom stereocenters. The van der Waals surface area contributed by atoms with Gasteiger partial charge in [-0.25, -0.2) is 0 Å². The summed E-state index contributed by atoms with van der Waals surface area (Å²) in [4.78, 5) is 11.9. The standard InChI is InChI=1S/C12H7F6N3O2S2/c13-11(14,15)23-7-3-1-6(2-4-7)19-10(22)9-8(20-21-25-9)5-24-12(16,17)18/h1-4H,5H2,(H,19,22). The van der Waals surface area contributed by atoms with Crippen molar-refractivity contribution < 1.29 is 35.9 Å². The molecule has 2 rings (SSSR count). The van der Waals surface area contributed by atoms with E-state index < -0.39 is 29.3 Å². The van der Waals surface area contributed by atoms with Gasteiger partial charge >= 0.3 is 11.9 Å². The summed E-state index contributed by atoms with van der Waals surface area (Å²) >= 11 is 0.249. The summed E-state index contributed by atoms with van der Waals surface area (Å²) in [6, 6.07) is 4.26.